The Balaban J connectivity index is 1.85. The van der Waals surface area contributed by atoms with Crippen LogP contribution in [0.3, 0.4) is 0 Å². The van der Waals surface area contributed by atoms with E-state index in [9.17, 15) is 4.79 Å². The molecule has 0 saturated carbocycles. The number of aromatic nitrogens is 1. The zero-order valence-electron chi connectivity index (χ0n) is 12.6. The third-order valence-electron chi connectivity index (χ3n) is 5.70. The van der Waals surface area contributed by atoms with Gasteiger partial charge in [-0.15, -0.1) is 0 Å². The van der Waals surface area contributed by atoms with E-state index in [1.54, 1.807) is 0 Å². The highest BCUT2D eigenvalue weighted by molar-refractivity contribution is 6.31. The molecule has 2 aromatic rings. The van der Waals surface area contributed by atoms with Crippen molar-refractivity contribution in [2.24, 2.45) is 0 Å². The Bertz CT molecular complexity index is 812. The molecule has 0 unspecified atom stereocenters. The molecule has 0 radical (unpaired) electrons. The number of fused-ring (bicyclic) bond motifs is 3. The lowest BCUT2D eigenvalue weighted by Crippen LogP contribution is -2.58. The Morgan fingerprint density at radius 3 is 2.95 bits per heavy atom. The summed E-state index contributed by atoms with van der Waals surface area (Å²) >= 11 is 6.21. The Kier molecular flexibility index (Phi) is 2.59. The molecule has 114 valence electrons. The smallest absolute Gasteiger partial charge is 0.233 e. The van der Waals surface area contributed by atoms with Crippen molar-refractivity contribution >= 4 is 28.4 Å². The Labute approximate surface area is 134 Å². The second-order valence-corrected chi connectivity index (χ2v) is 7.17. The zero-order chi connectivity index (χ0) is 15.0. The van der Waals surface area contributed by atoms with Crippen molar-refractivity contribution in [3.63, 3.8) is 0 Å². The van der Waals surface area contributed by atoms with Gasteiger partial charge in [0.15, 0.2) is 0 Å². The summed E-state index contributed by atoms with van der Waals surface area (Å²) in [6, 6.07) is 6.59. The van der Waals surface area contributed by atoms with E-state index in [0.29, 0.717) is 18.5 Å². The summed E-state index contributed by atoms with van der Waals surface area (Å²) in [5.74, 6) is 0.227. The van der Waals surface area contributed by atoms with E-state index in [-0.39, 0.29) is 5.91 Å². The largest absolute Gasteiger partial charge is 0.300 e. The van der Waals surface area contributed by atoms with E-state index in [1.807, 2.05) is 22.8 Å². The van der Waals surface area contributed by atoms with Crippen LogP contribution in [-0.2, 0) is 6.42 Å². The maximum Gasteiger partial charge on any atom is 0.233 e. The van der Waals surface area contributed by atoms with E-state index < -0.39 is 0 Å². The van der Waals surface area contributed by atoms with Crippen LogP contribution in [0.5, 0.6) is 0 Å². The molecule has 2 atom stereocenters. The van der Waals surface area contributed by atoms with Crippen LogP contribution < -0.4 is 0 Å². The molecule has 0 N–H and O–H groups in total. The van der Waals surface area contributed by atoms with Crippen molar-refractivity contribution in [2.45, 2.75) is 24.9 Å². The van der Waals surface area contributed by atoms with E-state index in [4.69, 9.17) is 11.6 Å². The molecule has 5 rings (SSSR count). The van der Waals surface area contributed by atoms with Gasteiger partial charge in [0.25, 0.3) is 0 Å². The molecule has 0 aliphatic carbocycles. The van der Waals surface area contributed by atoms with Crippen LogP contribution in [0.2, 0.25) is 5.02 Å². The topological polar surface area (TPSA) is 28.5 Å². The summed E-state index contributed by atoms with van der Waals surface area (Å²) in [7, 11) is 2.15. The molecule has 3 aliphatic rings. The van der Waals surface area contributed by atoms with E-state index in [2.05, 4.69) is 16.8 Å². The molecule has 3 aliphatic heterocycles. The third-order valence-corrected chi connectivity index (χ3v) is 5.94. The highest BCUT2D eigenvalue weighted by atomic mass is 35.5. The number of hydrogen-bond acceptors (Lipinski definition) is 3. The number of halogens is 1. The number of benzene rings is 1. The molecule has 22 heavy (non-hydrogen) atoms. The Hall–Kier alpha value is -1.36. The summed E-state index contributed by atoms with van der Waals surface area (Å²) < 4.78 is 1.98. The van der Waals surface area contributed by atoms with Gasteiger partial charge in [0, 0.05) is 48.2 Å². The lowest BCUT2D eigenvalue weighted by atomic mass is 9.86. The lowest BCUT2D eigenvalue weighted by molar-refractivity contribution is 0.00976. The minimum absolute atomic E-state index is 0.227. The van der Waals surface area contributed by atoms with Gasteiger partial charge in [-0.2, -0.15) is 0 Å². The fourth-order valence-corrected chi connectivity index (χ4v) is 4.84. The van der Waals surface area contributed by atoms with E-state index in [0.717, 1.165) is 36.6 Å². The maximum atomic E-state index is 12.8. The maximum absolute atomic E-state index is 12.8. The van der Waals surface area contributed by atoms with Gasteiger partial charge in [0.2, 0.25) is 5.91 Å². The molecule has 1 aromatic heterocycles. The lowest BCUT2D eigenvalue weighted by Gasteiger charge is -2.50. The van der Waals surface area contributed by atoms with E-state index in [1.165, 1.54) is 16.6 Å². The van der Waals surface area contributed by atoms with Crippen molar-refractivity contribution in [2.75, 3.05) is 26.7 Å². The van der Waals surface area contributed by atoms with Crippen molar-refractivity contribution in [1.29, 1.82) is 0 Å². The van der Waals surface area contributed by atoms with Gasteiger partial charge in [0.05, 0.1) is 11.6 Å². The summed E-state index contributed by atoms with van der Waals surface area (Å²) in [6.07, 6.45) is 1.62. The minimum Gasteiger partial charge on any atom is -0.300 e. The molecule has 1 aromatic carbocycles. The summed E-state index contributed by atoms with van der Waals surface area (Å²) in [4.78, 5) is 17.7. The first-order valence-electron chi connectivity index (χ1n) is 7.95. The van der Waals surface area contributed by atoms with Crippen LogP contribution in [0.15, 0.2) is 18.2 Å². The molecular weight excluding hydrogens is 298 g/mol. The fraction of sp³-hybridized carbons (Fsp3) is 0.471. The highest BCUT2D eigenvalue weighted by Crippen LogP contribution is 2.45. The molecule has 0 spiro atoms. The molecule has 0 amide bonds. The Morgan fingerprint density at radius 2 is 2.09 bits per heavy atom. The van der Waals surface area contributed by atoms with Gasteiger partial charge in [-0.25, -0.2) is 0 Å². The van der Waals surface area contributed by atoms with Crippen molar-refractivity contribution in [1.82, 2.24) is 14.4 Å². The van der Waals surface area contributed by atoms with Gasteiger partial charge in [-0.05, 0) is 37.2 Å². The zero-order valence-corrected chi connectivity index (χ0v) is 13.3. The van der Waals surface area contributed by atoms with E-state index >= 15 is 0 Å². The van der Waals surface area contributed by atoms with Gasteiger partial charge in [0.1, 0.15) is 0 Å². The van der Waals surface area contributed by atoms with Crippen LogP contribution in [0.4, 0.5) is 0 Å². The first kappa shape index (κ1) is 13.1. The first-order chi connectivity index (χ1) is 10.6. The molecular formula is C17H18ClN3O. The summed E-state index contributed by atoms with van der Waals surface area (Å²) in [5, 5.41) is 1.92. The van der Waals surface area contributed by atoms with Crippen LogP contribution in [0, 0.1) is 0 Å². The number of carbonyl (C=O) groups excluding carboxylic acids is 1. The van der Waals surface area contributed by atoms with Crippen molar-refractivity contribution in [3.8, 4) is 0 Å². The SMILES string of the molecule is CN1CCN2CCc3c4n(c5ccc(Cl)cc35)C(=O)C[C@@H]1[C@H]42. The van der Waals surface area contributed by atoms with Gasteiger partial charge < -0.3 is 0 Å². The second-order valence-electron chi connectivity index (χ2n) is 6.74. The average Bonchev–Trinajstić information content (AvgIpc) is 2.84. The number of piperazine rings is 1. The molecule has 0 bridgehead atoms. The molecule has 5 heteroatoms. The van der Waals surface area contributed by atoms with Crippen LogP contribution >= 0.6 is 11.6 Å². The molecule has 1 fully saturated rings. The predicted molar refractivity (Wildman–Crippen MR) is 86.6 cm³/mol. The minimum atomic E-state index is 0.227. The van der Waals surface area contributed by atoms with Gasteiger partial charge in [-0.1, -0.05) is 11.6 Å². The molecule has 4 heterocycles. The number of likely N-dealkylation sites (N-methyl/N-ethyl adjacent to an activating group) is 1. The van der Waals surface area contributed by atoms with Crippen LogP contribution in [0.25, 0.3) is 10.9 Å². The normalized spacial score (nSPS) is 28.2. The third kappa shape index (κ3) is 1.53. The highest BCUT2D eigenvalue weighted by Gasteiger charge is 2.46. The monoisotopic (exact) mass is 315 g/mol. The standard InChI is InChI=1S/C17H18ClN3O/c1-19-6-7-20-5-4-11-12-8-10(18)2-3-13(12)21-15(22)9-14(19)17(20)16(11)21/h2-3,8,14,17H,4-7,9H2,1H3/t14-,17-/m1/s1. The van der Waals surface area contributed by atoms with Crippen molar-refractivity contribution in [3.05, 3.63) is 34.5 Å². The quantitative estimate of drug-likeness (QED) is 0.748. The number of rotatable bonds is 0. The number of carbonyl (C=O) groups is 1. The number of nitrogens with zero attached hydrogens (tertiary/aromatic N) is 3. The molecule has 1 saturated heterocycles. The van der Waals surface area contributed by atoms with Crippen LogP contribution in [-0.4, -0.2) is 53.0 Å². The summed E-state index contributed by atoms with van der Waals surface area (Å²) in [6.45, 7) is 3.23. The Morgan fingerprint density at radius 1 is 1.23 bits per heavy atom. The fourth-order valence-electron chi connectivity index (χ4n) is 4.66. The second kappa shape index (κ2) is 4.34. The number of hydrogen-bond donors (Lipinski definition) is 0. The van der Waals surface area contributed by atoms with Crippen LogP contribution in [0.1, 0.15) is 28.5 Å². The average molecular weight is 316 g/mol. The predicted octanol–water partition coefficient (Wildman–Crippen LogP) is 2.55. The van der Waals surface area contributed by atoms with Gasteiger partial charge >= 0.3 is 0 Å². The molecule has 4 nitrogen and oxygen atoms in total. The first-order valence-corrected chi connectivity index (χ1v) is 8.33. The summed E-state index contributed by atoms with van der Waals surface area (Å²) in [5.41, 5.74) is 3.61. The van der Waals surface area contributed by atoms with Gasteiger partial charge in [-0.3, -0.25) is 19.2 Å². The van der Waals surface area contributed by atoms with Crippen molar-refractivity contribution < 1.29 is 4.79 Å².